The molecule has 4 nitrogen and oxygen atoms in total. The Hall–Kier alpha value is -0.850. The lowest BCUT2D eigenvalue weighted by atomic mass is 10.2. The van der Waals surface area contributed by atoms with Gasteiger partial charge in [0, 0.05) is 0 Å². The minimum Gasteiger partial charge on any atom is -0.478 e. The van der Waals surface area contributed by atoms with Crippen LogP contribution in [-0.2, 0) is 9.84 Å². The van der Waals surface area contributed by atoms with Crippen molar-refractivity contribution in [2.45, 2.75) is 4.90 Å². The van der Waals surface area contributed by atoms with Crippen molar-refractivity contribution in [2.75, 3.05) is 12.4 Å². The number of hydrogen-bond acceptors (Lipinski definition) is 3. The molecule has 1 N–H and O–H groups in total. The van der Waals surface area contributed by atoms with Gasteiger partial charge in [0.25, 0.3) is 0 Å². The van der Waals surface area contributed by atoms with E-state index in [2.05, 4.69) is 0 Å². The maximum atomic E-state index is 12.1. The van der Waals surface area contributed by atoms with Gasteiger partial charge in [0.15, 0.2) is 9.84 Å². The molecule has 0 amide bonds. The molecule has 0 radical (unpaired) electrons. The second-order valence-corrected chi connectivity index (χ2v) is 5.91. The van der Waals surface area contributed by atoms with Gasteiger partial charge < -0.3 is 5.11 Å². The minimum atomic E-state index is -3.94. The Morgan fingerprint density at radius 3 is 2.41 bits per heavy atom. The first-order valence-corrected chi connectivity index (χ1v) is 6.72. The zero-order valence-corrected chi connectivity index (χ0v) is 10.6. The van der Waals surface area contributed by atoms with Crippen molar-refractivity contribution >= 4 is 39.0 Å². The van der Waals surface area contributed by atoms with E-state index in [1.807, 2.05) is 0 Å². The van der Waals surface area contributed by atoms with Crippen molar-refractivity contribution in [1.29, 1.82) is 0 Å². The Bertz CT molecular complexity index is 556. The normalized spacial score (nSPS) is 11.5. The highest BCUT2D eigenvalue weighted by Crippen LogP contribution is 2.31. The van der Waals surface area contributed by atoms with Gasteiger partial charge in [-0.1, -0.05) is 23.2 Å². The summed E-state index contributed by atoms with van der Waals surface area (Å²) >= 11 is 11.3. The molecule has 0 unspecified atom stereocenters. The van der Waals surface area contributed by atoms with E-state index in [0.29, 0.717) is 0 Å². The monoisotopic (exact) mass is 300 g/mol. The van der Waals surface area contributed by atoms with E-state index in [4.69, 9.17) is 28.3 Å². The molecular weight excluding hydrogens is 294 g/mol. The number of alkyl halides is 1. The van der Waals surface area contributed by atoms with Crippen LogP contribution in [0.4, 0.5) is 4.39 Å². The van der Waals surface area contributed by atoms with Crippen LogP contribution in [0, 0.1) is 0 Å². The second kappa shape index (κ2) is 5.20. The predicted octanol–water partition coefficient (Wildman–Crippen LogP) is 2.43. The van der Waals surface area contributed by atoms with Gasteiger partial charge in [-0.15, -0.1) is 0 Å². The van der Waals surface area contributed by atoms with E-state index in [9.17, 15) is 17.6 Å². The van der Waals surface area contributed by atoms with Crippen molar-refractivity contribution in [3.05, 3.63) is 27.7 Å². The van der Waals surface area contributed by atoms with Gasteiger partial charge >= 0.3 is 5.97 Å². The lowest BCUT2D eigenvalue weighted by Crippen LogP contribution is -2.11. The summed E-state index contributed by atoms with van der Waals surface area (Å²) in [6, 6.07) is 2.16. The lowest BCUT2D eigenvalue weighted by molar-refractivity contribution is 0.0697. The highest BCUT2D eigenvalue weighted by molar-refractivity contribution is 7.91. The fourth-order valence-corrected chi connectivity index (χ4v) is 3.14. The molecule has 0 saturated heterocycles. The molecule has 0 spiro atoms. The molecule has 0 fully saturated rings. The van der Waals surface area contributed by atoms with E-state index in [1.165, 1.54) is 0 Å². The molecule has 0 aliphatic carbocycles. The largest absolute Gasteiger partial charge is 0.478 e. The molecule has 0 heterocycles. The van der Waals surface area contributed by atoms with Crippen molar-refractivity contribution in [3.8, 4) is 0 Å². The topological polar surface area (TPSA) is 71.4 Å². The number of carboxylic acids is 1. The molecule has 1 rings (SSSR count). The van der Waals surface area contributed by atoms with Gasteiger partial charge in [0.1, 0.15) is 6.67 Å². The molecule has 1 aromatic rings. The van der Waals surface area contributed by atoms with Crippen LogP contribution < -0.4 is 0 Å². The zero-order chi connectivity index (χ0) is 13.2. The third-order valence-electron chi connectivity index (χ3n) is 1.95. The highest BCUT2D eigenvalue weighted by Gasteiger charge is 2.24. The fourth-order valence-electron chi connectivity index (χ4n) is 1.18. The number of benzene rings is 1. The summed E-state index contributed by atoms with van der Waals surface area (Å²) in [4.78, 5) is 10.4. The first kappa shape index (κ1) is 14.2. The van der Waals surface area contributed by atoms with Crippen LogP contribution in [0.25, 0.3) is 0 Å². The molecule has 0 aliphatic rings. The summed E-state index contributed by atoms with van der Waals surface area (Å²) in [6.07, 6.45) is 0. The maximum Gasteiger partial charge on any atom is 0.338 e. The molecule has 0 atom stereocenters. The Morgan fingerprint density at radius 1 is 1.35 bits per heavy atom. The molecule has 17 heavy (non-hydrogen) atoms. The Kier molecular flexibility index (Phi) is 4.35. The average molecular weight is 301 g/mol. The second-order valence-electron chi connectivity index (χ2n) is 3.05. The molecule has 0 bridgehead atoms. The van der Waals surface area contributed by atoms with Gasteiger partial charge in [-0.05, 0) is 12.1 Å². The first-order valence-electron chi connectivity index (χ1n) is 4.31. The van der Waals surface area contributed by atoms with E-state index >= 15 is 0 Å². The van der Waals surface area contributed by atoms with Crippen LogP contribution in [0.5, 0.6) is 0 Å². The number of halogens is 3. The van der Waals surface area contributed by atoms with Crippen LogP contribution in [0.3, 0.4) is 0 Å². The quantitative estimate of drug-likeness (QED) is 0.927. The van der Waals surface area contributed by atoms with Crippen molar-refractivity contribution in [1.82, 2.24) is 0 Å². The Morgan fingerprint density at radius 2 is 1.94 bits per heavy atom. The SMILES string of the molecule is O=C(O)c1c(Cl)ccc(S(=O)(=O)CCF)c1Cl. The van der Waals surface area contributed by atoms with Crippen LogP contribution in [-0.4, -0.2) is 31.9 Å². The summed E-state index contributed by atoms with van der Waals surface area (Å²) in [5.41, 5.74) is -0.506. The molecule has 94 valence electrons. The predicted molar refractivity (Wildman–Crippen MR) is 61.4 cm³/mol. The molecule has 8 heteroatoms. The van der Waals surface area contributed by atoms with Gasteiger partial charge in [0.05, 0.1) is 26.3 Å². The molecule has 0 aromatic heterocycles. The zero-order valence-electron chi connectivity index (χ0n) is 8.28. The number of carboxylic acid groups (broad SMARTS) is 1. The molecular formula is C9H7Cl2FO4S. The summed E-state index contributed by atoms with van der Waals surface area (Å²) in [6.45, 7) is -1.08. The standard InChI is InChI=1S/C9H7Cl2FO4S/c10-5-1-2-6(17(15,16)4-3-12)8(11)7(5)9(13)14/h1-2H,3-4H2,(H,13,14). The smallest absolute Gasteiger partial charge is 0.338 e. The fraction of sp³-hybridized carbons (Fsp3) is 0.222. The summed E-state index contributed by atoms with van der Waals surface area (Å²) < 4.78 is 35.2. The number of rotatable bonds is 4. The van der Waals surface area contributed by atoms with Crippen molar-refractivity contribution in [3.63, 3.8) is 0 Å². The third-order valence-corrected chi connectivity index (χ3v) is 4.47. The summed E-state index contributed by atoms with van der Waals surface area (Å²) in [7, 11) is -3.94. The Labute approximate surface area is 107 Å². The van der Waals surface area contributed by atoms with Gasteiger partial charge in [0.2, 0.25) is 0 Å². The summed E-state index contributed by atoms with van der Waals surface area (Å²) in [5.74, 6) is -2.20. The van der Waals surface area contributed by atoms with Crippen LogP contribution in [0.1, 0.15) is 10.4 Å². The number of aromatic carboxylic acids is 1. The van der Waals surface area contributed by atoms with Gasteiger partial charge in [-0.2, -0.15) is 0 Å². The van der Waals surface area contributed by atoms with E-state index in [-0.39, 0.29) is 5.02 Å². The van der Waals surface area contributed by atoms with E-state index in [1.54, 1.807) is 0 Å². The number of sulfone groups is 1. The van der Waals surface area contributed by atoms with Gasteiger partial charge in [-0.3, -0.25) is 0 Å². The molecule has 0 saturated carbocycles. The van der Waals surface area contributed by atoms with Gasteiger partial charge in [-0.25, -0.2) is 17.6 Å². The lowest BCUT2D eigenvalue weighted by Gasteiger charge is -2.08. The Balaban J connectivity index is 3.49. The number of carbonyl (C=O) groups is 1. The number of hydrogen-bond donors (Lipinski definition) is 1. The van der Waals surface area contributed by atoms with Crippen LogP contribution in [0.2, 0.25) is 10.0 Å². The minimum absolute atomic E-state index is 0.179. The van der Waals surface area contributed by atoms with Crippen LogP contribution >= 0.6 is 23.2 Å². The van der Waals surface area contributed by atoms with Crippen molar-refractivity contribution in [2.24, 2.45) is 0 Å². The first-order chi connectivity index (χ1) is 7.81. The van der Waals surface area contributed by atoms with Crippen LogP contribution in [0.15, 0.2) is 17.0 Å². The molecule has 0 aliphatic heterocycles. The third kappa shape index (κ3) is 2.88. The summed E-state index contributed by atoms with van der Waals surface area (Å²) in [5, 5.41) is 8.15. The van der Waals surface area contributed by atoms with E-state index < -0.39 is 43.7 Å². The van der Waals surface area contributed by atoms with E-state index in [0.717, 1.165) is 12.1 Å². The average Bonchev–Trinajstić information content (AvgIpc) is 2.15. The molecule has 1 aromatic carbocycles. The highest BCUT2D eigenvalue weighted by atomic mass is 35.5. The van der Waals surface area contributed by atoms with Crippen molar-refractivity contribution < 1.29 is 22.7 Å². The maximum absolute atomic E-state index is 12.1.